The number of hydrogen-bond acceptors (Lipinski definition) is 2. The first-order valence-corrected chi connectivity index (χ1v) is 9.98. The molecule has 0 radical (unpaired) electrons. The summed E-state index contributed by atoms with van der Waals surface area (Å²) in [7, 11) is 0. The van der Waals surface area contributed by atoms with Gasteiger partial charge in [0, 0.05) is 18.4 Å². The summed E-state index contributed by atoms with van der Waals surface area (Å²) in [5, 5.41) is 0. The van der Waals surface area contributed by atoms with E-state index in [9.17, 15) is 9.59 Å². The van der Waals surface area contributed by atoms with Crippen LogP contribution >= 0.6 is 0 Å². The number of carbonyl (C=O) groups is 2. The fourth-order valence-electron chi connectivity index (χ4n) is 5.37. The largest absolute Gasteiger partial charge is 0.329 e. The Balaban J connectivity index is 1.77. The van der Waals surface area contributed by atoms with Gasteiger partial charge in [-0.15, -0.1) is 0 Å². The molecule has 1 amide bonds. The average Bonchev–Trinajstić information content (AvgIpc) is 3.00. The second kappa shape index (κ2) is 7.36. The van der Waals surface area contributed by atoms with E-state index in [1.807, 2.05) is 6.92 Å². The van der Waals surface area contributed by atoms with Gasteiger partial charge in [-0.2, -0.15) is 0 Å². The van der Waals surface area contributed by atoms with Crippen molar-refractivity contribution >= 4 is 11.7 Å². The minimum absolute atomic E-state index is 0.100. The van der Waals surface area contributed by atoms with Crippen LogP contribution in [0.3, 0.4) is 0 Å². The Morgan fingerprint density at radius 1 is 1.00 bits per heavy atom. The minimum Gasteiger partial charge on any atom is -0.329 e. The van der Waals surface area contributed by atoms with E-state index in [1.54, 1.807) is 0 Å². The topological polar surface area (TPSA) is 37.4 Å². The molecular weight excluding hydrogens is 286 g/mol. The first kappa shape index (κ1) is 17.0. The summed E-state index contributed by atoms with van der Waals surface area (Å²) in [6.07, 6.45) is 12.6. The maximum atomic E-state index is 13.3. The highest BCUT2D eigenvalue weighted by atomic mass is 16.2. The molecule has 0 aromatic carbocycles. The smallest absolute Gasteiger partial charge is 0.226 e. The fraction of sp³-hybridized carbons (Fsp3) is 0.900. The van der Waals surface area contributed by atoms with Gasteiger partial charge in [-0.3, -0.25) is 9.59 Å². The van der Waals surface area contributed by atoms with Crippen LogP contribution in [0.4, 0.5) is 0 Å². The van der Waals surface area contributed by atoms with Gasteiger partial charge in [0.2, 0.25) is 5.91 Å². The van der Waals surface area contributed by atoms with Crippen molar-refractivity contribution in [1.29, 1.82) is 0 Å². The summed E-state index contributed by atoms with van der Waals surface area (Å²) in [6, 6.07) is 0.231. The summed E-state index contributed by atoms with van der Waals surface area (Å²) in [5.74, 6) is 1.79. The monoisotopic (exact) mass is 319 g/mol. The maximum absolute atomic E-state index is 13.3. The highest BCUT2D eigenvalue weighted by Crippen LogP contribution is 2.42. The number of rotatable bonds is 4. The van der Waals surface area contributed by atoms with E-state index in [0.29, 0.717) is 24.3 Å². The van der Waals surface area contributed by atoms with Crippen molar-refractivity contribution in [3.63, 3.8) is 0 Å². The van der Waals surface area contributed by atoms with Crippen molar-refractivity contribution in [3.8, 4) is 0 Å². The molecule has 2 aliphatic carbocycles. The van der Waals surface area contributed by atoms with Crippen molar-refractivity contribution in [3.05, 3.63) is 0 Å². The zero-order valence-electron chi connectivity index (χ0n) is 14.9. The summed E-state index contributed by atoms with van der Waals surface area (Å²) in [5.41, 5.74) is 0. The van der Waals surface area contributed by atoms with Gasteiger partial charge in [0.05, 0.1) is 6.04 Å². The van der Waals surface area contributed by atoms with Gasteiger partial charge in [-0.05, 0) is 43.9 Å². The maximum Gasteiger partial charge on any atom is 0.226 e. The third kappa shape index (κ3) is 3.34. The molecule has 2 saturated carbocycles. The van der Waals surface area contributed by atoms with Crippen LogP contribution in [-0.2, 0) is 9.59 Å². The van der Waals surface area contributed by atoms with Gasteiger partial charge in [-0.25, -0.2) is 0 Å². The Bertz CT molecular complexity index is 441. The van der Waals surface area contributed by atoms with E-state index < -0.39 is 0 Å². The molecule has 0 aromatic heterocycles. The standard InChI is InChI=1S/C20H33NO2/c1-3-19(22)18-13-16-11-7-8-12-17(16)21(18)20(23)14(2)15-9-5-4-6-10-15/h14-18H,3-13H2,1-2H3/t14?,16-,17-,18-/m0/s1. The van der Waals surface area contributed by atoms with Crippen LogP contribution in [0.1, 0.15) is 84.5 Å². The lowest BCUT2D eigenvalue weighted by Crippen LogP contribution is -2.49. The quantitative estimate of drug-likeness (QED) is 0.773. The Morgan fingerprint density at radius 3 is 2.35 bits per heavy atom. The molecule has 0 spiro atoms. The highest BCUT2D eigenvalue weighted by Gasteiger charge is 2.48. The van der Waals surface area contributed by atoms with E-state index in [-0.39, 0.29) is 23.7 Å². The Morgan fingerprint density at radius 2 is 1.65 bits per heavy atom. The minimum atomic E-state index is -0.119. The second-order valence-corrected chi connectivity index (χ2v) is 8.12. The molecule has 23 heavy (non-hydrogen) atoms. The van der Waals surface area contributed by atoms with Crippen LogP contribution in [0.5, 0.6) is 0 Å². The van der Waals surface area contributed by atoms with Crippen LogP contribution < -0.4 is 0 Å². The fourth-order valence-corrected chi connectivity index (χ4v) is 5.37. The number of ketones is 1. The molecule has 3 fully saturated rings. The Labute approximate surface area is 141 Å². The molecule has 0 N–H and O–H groups in total. The summed E-state index contributed by atoms with van der Waals surface area (Å²) >= 11 is 0. The summed E-state index contributed by atoms with van der Waals surface area (Å²) in [4.78, 5) is 27.9. The average molecular weight is 319 g/mol. The van der Waals surface area contributed by atoms with Gasteiger partial charge < -0.3 is 4.90 Å². The molecule has 3 nitrogen and oxygen atoms in total. The first-order valence-electron chi connectivity index (χ1n) is 9.98. The molecule has 1 unspecified atom stereocenters. The van der Waals surface area contributed by atoms with E-state index in [1.165, 1.54) is 51.4 Å². The number of nitrogens with zero attached hydrogens (tertiary/aromatic N) is 1. The molecule has 3 aliphatic rings. The third-order valence-corrected chi connectivity index (χ3v) is 6.81. The van der Waals surface area contributed by atoms with Crippen molar-refractivity contribution in [2.24, 2.45) is 17.8 Å². The Kier molecular flexibility index (Phi) is 5.43. The molecule has 3 rings (SSSR count). The van der Waals surface area contributed by atoms with Gasteiger partial charge in [0.15, 0.2) is 5.78 Å². The molecular formula is C20H33NO2. The molecule has 0 aromatic rings. The van der Waals surface area contributed by atoms with Gasteiger partial charge in [-0.1, -0.05) is 46.0 Å². The summed E-state index contributed by atoms with van der Waals surface area (Å²) < 4.78 is 0. The van der Waals surface area contributed by atoms with E-state index in [2.05, 4.69) is 11.8 Å². The number of hydrogen-bond donors (Lipinski definition) is 0. The molecule has 1 aliphatic heterocycles. The van der Waals surface area contributed by atoms with Crippen molar-refractivity contribution in [1.82, 2.24) is 4.90 Å². The van der Waals surface area contributed by atoms with Crippen LogP contribution in [0, 0.1) is 17.8 Å². The number of fused-ring (bicyclic) bond motifs is 1. The van der Waals surface area contributed by atoms with Gasteiger partial charge in [0.25, 0.3) is 0 Å². The first-order chi connectivity index (χ1) is 11.1. The number of carbonyl (C=O) groups excluding carboxylic acids is 2. The van der Waals surface area contributed by atoms with Crippen LogP contribution in [0.2, 0.25) is 0 Å². The predicted molar refractivity (Wildman–Crippen MR) is 92.0 cm³/mol. The lowest BCUT2D eigenvalue weighted by Gasteiger charge is -2.37. The lowest BCUT2D eigenvalue weighted by molar-refractivity contribution is -0.145. The molecule has 1 saturated heterocycles. The SMILES string of the molecule is CCC(=O)[C@@H]1C[C@@H]2CCCC[C@@H]2N1C(=O)C(C)C1CCCCC1. The van der Waals surface area contributed by atoms with E-state index in [4.69, 9.17) is 0 Å². The van der Waals surface area contributed by atoms with Crippen LogP contribution in [0.15, 0.2) is 0 Å². The van der Waals surface area contributed by atoms with E-state index >= 15 is 0 Å². The van der Waals surface area contributed by atoms with Crippen LogP contribution in [-0.4, -0.2) is 28.7 Å². The summed E-state index contributed by atoms with van der Waals surface area (Å²) in [6.45, 7) is 4.07. The lowest BCUT2D eigenvalue weighted by atomic mass is 9.79. The number of amides is 1. The molecule has 130 valence electrons. The van der Waals surface area contributed by atoms with E-state index in [0.717, 1.165) is 12.8 Å². The highest BCUT2D eigenvalue weighted by molar-refractivity contribution is 5.90. The third-order valence-electron chi connectivity index (χ3n) is 6.81. The molecule has 1 heterocycles. The van der Waals surface area contributed by atoms with Crippen molar-refractivity contribution < 1.29 is 9.59 Å². The predicted octanol–water partition coefficient (Wildman–Crippen LogP) is 4.34. The van der Waals surface area contributed by atoms with Gasteiger partial charge in [0.1, 0.15) is 0 Å². The van der Waals surface area contributed by atoms with Crippen molar-refractivity contribution in [2.75, 3.05) is 0 Å². The number of likely N-dealkylation sites (tertiary alicyclic amines) is 1. The van der Waals surface area contributed by atoms with Crippen LogP contribution in [0.25, 0.3) is 0 Å². The second-order valence-electron chi connectivity index (χ2n) is 8.12. The normalized spacial score (nSPS) is 33.3. The molecule has 0 bridgehead atoms. The van der Waals surface area contributed by atoms with Gasteiger partial charge >= 0.3 is 0 Å². The van der Waals surface area contributed by atoms with Crippen molar-refractivity contribution in [2.45, 2.75) is 96.6 Å². The Hall–Kier alpha value is -0.860. The zero-order valence-corrected chi connectivity index (χ0v) is 14.9. The molecule has 4 atom stereocenters. The molecule has 3 heteroatoms. The zero-order chi connectivity index (χ0) is 16.4. The number of Topliss-reactive ketones (excluding diaryl/α,β-unsaturated/α-hetero) is 1.